The number of rotatable bonds is 3. The molecule has 25 heavy (non-hydrogen) atoms. The van der Waals surface area contributed by atoms with Gasteiger partial charge in [-0.05, 0) is 5.56 Å². The molecule has 0 bridgehead atoms. The van der Waals surface area contributed by atoms with E-state index in [1.54, 1.807) is 0 Å². The Morgan fingerprint density at radius 2 is 1.80 bits per heavy atom. The second-order valence-electron chi connectivity index (χ2n) is 7.33. The zero-order valence-electron chi connectivity index (χ0n) is 17.6. The summed E-state index contributed by atoms with van der Waals surface area (Å²) in [6, 6.07) is 20.1. The highest BCUT2D eigenvalue weighted by molar-refractivity contribution is 5.18. The monoisotopic (exact) mass is 341 g/mol. The van der Waals surface area contributed by atoms with Crippen molar-refractivity contribution in [1.29, 1.82) is 0 Å². The van der Waals surface area contributed by atoms with Crippen LogP contribution in [0.4, 0.5) is 0 Å². The van der Waals surface area contributed by atoms with E-state index >= 15 is 0 Å². The molecule has 3 atom stereocenters. The third-order valence-electron chi connectivity index (χ3n) is 5.42. The molecule has 2 aromatic rings. The lowest BCUT2D eigenvalue weighted by atomic mass is 10.1. The van der Waals surface area contributed by atoms with Gasteiger partial charge in [-0.3, -0.25) is 0 Å². The van der Waals surface area contributed by atoms with Crippen molar-refractivity contribution in [2.24, 2.45) is 0 Å². The summed E-state index contributed by atoms with van der Waals surface area (Å²) in [5.74, 6) is -0.664. The first-order valence-electron chi connectivity index (χ1n) is 10.7. The lowest BCUT2D eigenvalue weighted by Gasteiger charge is -2.34. The van der Waals surface area contributed by atoms with Gasteiger partial charge in [-0.2, -0.15) is 0 Å². The van der Waals surface area contributed by atoms with Gasteiger partial charge in [0.05, 0.1) is 37.2 Å². The average molecular weight is 341 g/mol. The molecule has 0 radical (unpaired) electrons. The van der Waals surface area contributed by atoms with Crippen molar-refractivity contribution >= 4 is 0 Å². The molecule has 0 amide bonds. The molecule has 2 heterocycles. The molecule has 0 N–H and O–H groups in total. The van der Waals surface area contributed by atoms with Crippen LogP contribution in [-0.4, -0.2) is 36.9 Å². The summed E-state index contributed by atoms with van der Waals surface area (Å²) >= 11 is 0. The topological polar surface area (TPSA) is 18.5 Å². The number of benzene rings is 2. The number of hydrogen-bond donors (Lipinski definition) is 0. The van der Waals surface area contributed by atoms with Gasteiger partial charge in [0, 0.05) is 18.4 Å². The van der Waals surface area contributed by atoms with Crippen molar-refractivity contribution in [3.8, 4) is 0 Å². The Kier molecular flexibility index (Phi) is 3.73. The first-order valence-corrected chi connectivity index (χ1v) is 9.18. The Labute approximate surface area is 155 Å². The predicted molar refractivity (Wildman–Crippen MR) is 98.9 cm³/mol. The Balaban J connectivity index is 1.53. The van der Waals surface area contributed by atoms with Crippen molar-refractivity contribution in [1.82, 2.24) is 0 Å². The molecular formula is C22H28NO2+. The lowest BCUT2D eigenvalue weighted by molar-refractivity contribution is -0.922. The van der Waals surface area contributed by atoms with Crippen molar-refractivity contribution in [2.75, 3.05) is 26.7 Å². The maximum absolute atomic E-state index is 8.28. The van der Waals surface area contributed by atoms with Gasteiger partial charge in [-0.15, -0.1) is 0 Å². The molecule has 2 unspecified atom stereocenters. The Bertz CT molecular complexity index is 783. The van der Waals surface area contributed by atoms with E-state index in [2.05, 4.69) is 12.1 Å². The van der Waals surface area contributed by atoms with E-state index in [0.29, 0.717) is 32.7 Å². The van der Waals surface area contributed by atoms with Gasteiger partial charge < -0.3 is 14.0 Å². The molecule has 132 valence electrons. The highest BCUT2D eigenvalue weighted by Crippen LogP contribution is 2.41. The SMILES string of the molecule is [2H]C([2H])([2H])[N+]1(Cc2ccccc2)CCCC2(CC1)OC[C@@H](c1ccccc1)O2. The van der Waals surface area contributed by atoms with Gasteiger partial charge in [0.2, 0.25) is 0 Å². The molecule has 1 spiro atoms. The van der Waals surface area contributed by atoms with E-state index in [9.17, 15) is 0 Å². The second-order valence-corrected chi connectivity index (χ2v) is 7.33. The average Bonchev–Trinajstić information content (AvgIpc) is 3.02. The minimum Gasteiger partial charge on any atom is -0.347 e. The lowest BCUT2D eigenvalue weighted by Crippen LogP contribution is -2.45. The van der Waals surface area contributed by atoms with Gasteiger partial charge >= 0.3 is 0 Å². The van der Waals surface area contributed by atoms with E-state index < -0.39 is 12.8 Å². The number of nitrogens with zero attached hydrogens (tertiary/aromatic N) is 1. The van der Waals surface area contributed by atoms with Crippen molar-refractivity contribution < 1.29 is 18.1 Å². The van der Waals surface area contributed by atoms with Crippen LogP contribution in [0.1, 0.15) is 40.6 Å². The Hall–Kier alpha value is -1.68. The van der Waals surface area contributed by atoms with Crippen LogP contribution < -0.4 is 0 Å². The van der Waals surface area contributed by atoms with Crippen molar-refractivity contribution in [2.45, 2.75) is 37.7 Å². The van der Waals surface area contributed by atoms with Crippen LogP contribution in [0, 0.1) is 0 Å². The van der Waals surface area contributed by atoms with Gasteiger partial charge in [-0.1, -0.05) is 60.7 Å². The summed E-state index contributed by atoms with van der Waals surface area (Å²) in [6.45, 7) is 0.0909. The zero-order chi connectivity index (χ0) is 19.7. The first kappa shape index (κ1) is 13.5. The first-order chi connectivity index (χ1) is 13.4. The smallest absolute Gasteiger partial charge is 0.174 e. The molecule has 0 aliphatic carbocycles. The van der Waals surface area contributed by atoms with Gasteiger partial charge in [0.15, 0.2) is 5.79 Å². The fraction of sp³-hybridized carbons (Fsp3) is 0.455. The van der Waals surface area contributed by atoms with E-state index in [4.69, 9.17) is 13.6 Å². The van der Waals surface area contributed by atoms with Crippen LogP contribution in [0.5, 0.6) is 0 Å². The van der Waals surface area contributed by atoms with Crippen LogP contribution in [0.15, 0.2) is 60.7 Å². The fourth-order valence-electron chi connectivity index (χ4n) is 4.01. The normalized spacial score (nSPS) is 34.9. The summed E-state index contributed by atoms with van der Waals surface area (Å²) in [6.07, 6.45) is 2.03. The summed E-state index contributed by atoms with van der Waals surface area (Å²) in [7, 11) is 0. The molecule has 2 aromatic carbocycles. The Morgan fingerprint density at radius 1 is 1.04 bits per heavy atom. The number of likely N-dealkylation sites (tertiary alicyclic amines) is 1. The molecule has 2 saturated heterocycles. The summed E-state index contributed by atoms with van der Waals surface area (Å²) < 4.78 is 37.5. The van der Waals surface area contributed by atoms with Crippen LogP contribution in [0.25, 0.3) is 0 Å². The predicted octanol–water partition coefficient (Wildman–Crippen LogP) is 4.30. The molecule has 3 nitrogen and oxygen atoms in total. The molecule has 4 rings (SSSR count). The Morgan fingerprint density at radius 3 is 2.56 bits per heavy atom. The molecule has 2 aliphatic heterocycles. The van der Waals surface area contributed by atoms with E-state index in [0.717, 1.165) is 24.0 Å². The zero-order valence-corrected chi connectivity index (χ0v) is 14.6. The number of quaternary nitrogens is 1. The molecule has 2 aliphatic rings. The quantitative estimate of drug-likeness (QED) is 0.775. The molecule has 3 heteroatoms. The second kappa shape index (κ2) is 6.91. The van der Waals surface area contributed by atoms with Gasteiger partial charge in [0.1, 0.15) is 12.6 Å². The van der Waals surface area contributed by atoms with Gasteiger partial charge in [0.25, 0.3) is 0 Å². The number of ether oxygens (including phenoxy) is 2. The number of hydrogen-bond acceptors (Lipinski definition) is 2. The minimum absolute atomic E-state index is 0.0805. The van der Waals surface area contributed by atoms with Crippen LogP contribution in [0.2, 0.25) is 0 Å². The highest BCUT2D eigenvalue weighted by Gasteiger charge is 2.45. The molecule has 2 fully saturated rings. The highest BCUT2D eigenvalue weighted by atomic mass is 16.7. The molecular weight excluding hydrogens is 310 g/mol. The van der Waals surface area contributed by atoms with Crippen LogP contribution in [0.3, 0.4) is 0 Å². The minimum atomic E-state index is -2.07. The van der Waals surface area contributed by atoms with E-state index in [-0.39, 0.29) is 10.6 Å². The van der Waals surface area contributed by atoms with Crippen molar-refractivity contribution in [3.05, 3.63) is 71.8 Å². The van der Waals surface area contributed by atoms with E-state index in [1.807, 2.05) is 48.5 Å². The standard InChI is InChI=1S/C22H28NO2/c1-23(17-19-9-4-2-5-10-19)15-8-13-22(14-16-23)24-18-21(25-22)20-11-6-3-7-12-20/h2-7,9-12,21H,8,13-18H2,1H3/q+1/t21-,22?,23?/m0/s1/i1D3. The van der Waals surface area contributed by atoms with E-state index in [1.165, 1.54) is 0 Å². The van der Waals surface area contributed by atoms with Crippen LogP contribution >= 0.6 is 0 Å². The maximum atomic E-state index is 8.28. The van der Waals surface area contributed by atoms with Crippen molar-refractivity contribution in [3.63, 3.8) is 0 Å². The fourth-order valence-corrected chi connectivity index (χ4v) is 4.01. The third kappa shape index (κ3) is 3.79. The van der Waals surface area contributed by atoms with Crippen LogP contribution in [-0.2, 0) is 16.0 Å². The van der Waals surface area contributed by atoms with Gasteiger partial charge in [-0.25, -0.2) is 0 Å². The molecule has 0 aromatic heterocycles. The maximum Gasteiger partial charge on any atom is 0.174 e. The largest absolute Gasteiger partial charge is 0.347 e. The summed E-state index contributed by atoms with van der Waals surface area (Å²) in [4.78, 5) is 0. The third-order valence-corrected chi connectivity index (χ3v) is 5.42. The summed E-state index contributed by atoms with van der Waals surface area (Å²) in [5.41, 5.74) is 2.18. The summed E-state index contributed by atoms with van der Waals surface area (Å²) in [5, 5.41) is 0. The molecule has 0 saturated carbocycles.